The second kappa shape index (κ2) is 7.36. The fraction of sp³-hybridized carbons (Fsp3) is 0.308. The Morgan fingerprint density at radius 2 is 2.20 bits per heavy atom. The predicted octanol–water partition coefficient (Wildman–Crippen LogP) is 1.79. The topological polar surface area (TPSA) is 90.6 Å². The third-order valence-corrected chi connectivity index (χ3v) is 2.81. The Labute approximate surface area is 121 Å². The lowest BCUT2D eigenvalue weighted by Gasteiger charge is -2.16. The summed E-state index contributed by atoms with van der Waals surface area (Å²) >= 11 is 5.86. The summed E-state index contributed by atoms with van der Waals surface area (Å²) in [6.07, 6.45) is 0.246. The molecule has 0 atom stereocenters. The van der Waals surface area contributed by atoms with Crippen LogP contribution in [0.1, 0.15) is 16.8 Å². The molecule has 0 saturated carbocycles. The first-order chi connectivity index (χ1) is 9.45. The highest BCUT2D eigenvalue weighted by molar-refractivity contribution is 6.32. The summed E-state index contributed by atoms with van der Waals surface area (Å²) < 4.78 is 5.24. The van der Waals surface area contributed by atoms with Crippen LogP contribution < -0.4 is 4.74 Å². The second-order valence-corrected chi connectivity index (χ2v) is 4.37. The molecule has 1 N–H and O–H groups in total. The molecule has 1 aromatic carbocycles. The first kappa shape index (κ1) is 15.8. The number of hydrogen-bond acceptors (Lipinski definition) is 4. The van der Waals surface area contributed by atoms with Crippen LogP contribution in [0.15, 0.2) is 18.2 Å². The lowest BCUT2D eigenvalue weighted by atomic mass is 10.2. The minimum absolute atomic E-state index is 0.0415. The maximum atomic E-state index is 11.7. The number of nitrogens with zero attached hydrogens (tertiary/aromatic N) is 2. The van der Waals surface area contributed by atoms with Crippen molar-refractivity contribution in [3.8, 4) is 11.8 Å². The number of ether oxygens (including phenoxy) is 1. The molecule has 0 spiro atoms. The maximum absolute atomic E-state index is 11.7. The average Bonchev–Trinajstić information content (AvgIpc) is 2.42. The Bertz CT molecular complexity index is 554. The molecule has 0 unspecified atom stereocenters. The number of hydrogen-bond donors (Lipinski definition) is 1. The largest absolute Gasteiger partial charge is 0.482 e. The zero-order valence-corrected chi connectivity index (χ0v) is 11.6. The van der Waals surface area contributed by atoms with Gasteiger partial charge in [0.25, 0.3) is 5.91 Å². The Morgan fingerprint density at radius 3 is 2.75 bits per heavy atom. The van der Waals surface area contributed by atoms with E-state index in [2.05, 4.69) is 0 Å². The van der Waals surface area contributed by atoms with Gasteiger partial charge in [-0.2, -0.15) is 5.26 Å². The van der Waals surface area contributed by atoms with Crippen molar-refractivity contribution in [3.05, 3.63) is 28.8 Å². The molecule has 0 aliphatic heterocycles. The van der Waals surface area contributed by atoms with E-state index in [1.807, 2.05) is 6.07 Å². The third-order valence-electron chi connectivity index (χ3n) is 2.51. The summed E-state index contributed by atoms with van der Waals surface area (Å²) in [6, 6.07) is 5.93. The smallest absolute Gasteiger partial charge is 0.335 e. The van der Waals surface area contributed by atoms with Crippen molar-refractivity contribution < 1.29 is 19.4 Å². The number of benzene rings is 1. The first-order valence-electron chi connectivity index (χ1n) is 5.72. The minimum atomic E-state index is -1.09. The molecule has 1 amide bonds. The molecule has 0 radical (unpaired) electrons. The van der Waals surface area contributed by atoms with Crippen LogP contribution in [0, 0.1) is 11.3 Å². The monoisotopic (exact) mass is 296 g/mol. The van der Waals surface area contributed by atoms with E-state index >= 15 is 0 Å². The molecule has 0 heterocycles. The Kier molecular flexibility index (Phi) is 5.81. The molecular weight excluding hydrogens is 284 g/mol. The molecule has 20 heavy (non-hydrogen) atoms. The molecule has 106 valence electrons. The first-order valence-corrected chi connectivity index (χ1v) is 6.10. The van der Waals surface area contributed by atoms with Gasteiger partial charge in [0.15, 0.2) is 6.61 Å². The predicted molar refractivity (Wildman–Crippen MR) is 71.8 cm³/mol. The highest BCUT2D eigenvalue weighted by Gasteiger charge is 2.12. The summed E-state index contributed by atoms with van der Waals surface area (Å²) in [6.45, 7) is 0.0957. The fourth-order valence-corrected chi connectivity index (χ4v) is 1.58. The van der Waals surface area contributed by atoms with Crippen molar-refractivity contribution in [2.24, 2.45) is 0 Å². The number of carboxylic acid groups (broad SMARTS) is 1. The van der Waals surface area contributed by atoms with Crippen molar-refractivity contribution in [1.29, 1.82) is 5.26 Å². The van der Waals surface area contributed by atoms with Gasteiger partial charge >= 0.3 is 5.97 Å². The van der Waals surface area contributed by atoms with Gasteiger partial charge in [0.1, 0.15) is 5.75 Å². The number of carbonyl (C=O) groups excluding carboxylic acids is 1. The number of likely N-dealkylation sites (N-methyl/N-ethyl adjacent to an activating group) is 1. The van der Waals surface area contributed by atoms with Crippen LogP contribution >= 0.6 is 11.6 Å². The summed E-state index contributed by atoms with van der Waals surface area (Å²) in [5.74, 6) is -1.15. The molecule has 0 aliphatic rings. The van der Waals surface area contributed by atoms with Crippen molar-refractivity contribution in [2.45, 2.75) is 6.42 Å². The van der Waals surface area contributed by atoms with Crippen LogP contribution in [-0.4, -0.2) is 42.1 Å². The van der Waals surface area contributed by atoms with Gasteiger partial charge in [-0.25, -0.2) is 4.79 Å². The van der Waals surface area contributed by atoms with Crippen LogP contribution in [0.25, 0.3) is 0 Å². The van der Waals surface area contributed by atoms with Gasteiger partial charge in [-0.1, -0.05) is 11.6 Å². The highest BCUT2D eigenvalue weighted by atomic mass is 35.5. The van der Waals surface area contributed by atoms with Gasteiger partial charge < -0.3 is 14.7 Å². The second-order valence-electron chi connectivity index (χ2n) is 3.96. The molecule has 0 aromatic heterocycles. The van der Waals surface area contributed by atoms with E-state index in [1.165, 1.54) is 23.1 Å². The molecule has 0 aliphatic carbocycles. The lowest BCUT2D eigenvalue weighted by molar-refractivity contribution is -0.131. The average molecular weight is 297 g/mol. The zero-order valence-electron chi connectivity index (χ0n) is 10.8. The normalized spacial score (nSPS) is 9.65. The van der Waals surface area contributed by atoms with E-state index < -0.39 is 5.97 Å². The van der Waals surface area contributed by atoms with Crippen LogP contribution in [0.5, 0.6) is 5.75 Å². The molecule has 0 bridgehead atoms. The molecule has 1 aromatic rings. The number of carboxylic acids is 1. The van der Waals surface area contributed by atoms with E-state index in [0.29, 0.717) is 6.54 Å². The molecule has 1 rings (SSSR count). The Balaban J connectivity index is 2.60. The van der Waals surface area contributed by atoms with Crippen LogP contribution in [0.3, 0.4) is 0 Å². The Hall–Kier alpha value is -2.26. The van der Waals surface area contributed by atoms with Gasteiger partial charge in [-0.15, -0.1) is 0 Å². The lowest BCUT2D eigenvalue weighted by Crippen LogP contribution is -2.32. The standard InChI is InChI=1S/C13H13ClN2O4/c1-16(6-2-5-15)12(17)8-20-11-4-3-9(13(18)19)7-10(11)14/h3-4,7H,2,6,8H2,1H3,(H,18,19). The quantitative estimate of drug-likeness (QED) is 0.864. The van der Waals surface area contributed by atoms with Crippen molar-refractivity contribution in [1.82, 2.24) is 4.90 Å². The van der Waals surface area contributed by atoms with E-state index in [9.17, 15) is 9.59 Å². The van der Waals surface area contributed by atoms with Crippen LogP contribution in [0.4, 0.5) is 0 Å². The maximum Gasteiger partial charge on any atom is 0.335 e. The molecule has 6 nitrogen and oxygen atoms in total. The fourth-order valence-electron chi connectivity index (χ4n) is 1.34. The van der Waals surface area contributed by atoms with Gasteiger partial charge in [-0.05, 0) is 18.2 Å². The third kappa shape index (κ3) is 4.44. The van der Waals surface area contributed by atoms with Gasteiger partial charge in [0.2, 0.25) is 0 Å². The number of amides is 1. The number of nitriles is 1. The van der Waals surface area contributed by atoms with E-state index in [4.69, 9.17) is 26.7 Å². The highest BCUT2D eigenvalue weighted by Crippen LogP contribution is 2.25. The number of aromatic carboxylic acids is 1. The molecule has 0 fully saturated rings. The van der Waals surface area contributed by atoms with Crippen LogP contribution in [0.2, 0.25) is 5.02 Å². The van der Waals surface area contributed by atoms with Crippen molar-refractivity contribution >= 4 is 23.5 Å². The van der Waals surface area contributed by atoms with E-state index in [-0.39, 0.29) is 35.3 Å². The zero-order chi connectivity index (χ0) is 15.1. The molecule has 0 saturated heterocycles. The van der Waals surface area contributed by atoms with Crippen molar-refractivity contribution in [3.63, 3.8) is 0 Å². The van der Waals surface area contributed by atoms with Gasteiger partial charge in [-0.3, -0.25) is 4.79 Å². The summed E-state index contributed by atoms with van der Waals surface area (Å²) in [5, 5.41) is 17.3. The summed E-state index contributed by atoms with van der Waals surface area (Å²) in [5.41, 5.74) is 0.0415. The summed E-state index contributed by atoms with van der Waals surface area (Å²) in [4.78, 5) is 23.8. The number of rotatable bonds is 6. The summed E-state index contributed by atoms with van der Waals surface area (Å²) in [7, 11) is 1.57. The van der Waals surface area contributed by atoms with Gasteiger partial charge in [0.05, 0.1) is 23.1 Å². The SMILES string of the molecule is CN(CCC#N)C(=O)COc1ccc(C(=O)O)cc1Cl. The van der Waals surface area contributed by atoms with E-state index in [1.54, 1.807) is 7.05 Å². The minimum Gasteiger partial charge on any atom is -0.482 e. The van der Waals surface area contributed by atoms with Crippen LogP contribution in [-0.2, 0) is 4.79 Å². The number of carbonyl (C=O) groups is 2. The van der Waals surface area contributed by atoms with E-state index in [0.717, 1.165) is 0 Å². The Morgan fingerprint density at radius 1 is 1.50 bits per heavy atom. The molecule has 7 heteroatoms. The number of halogens is 1. The molecular formula is C13H13ClN2O4. The van der Waals surface area contributed by atoms with Gasteiger partial charge in [0, 0.05) is 13.6 Å². The van der Waals surface area contributed by atoms with Crippen molar-refractivity contribution in [2.75, 3.05) is 20.2 Å².